The van der Waals surface area contributed by atoms with Crippen LogP contribution in [0.1, 0.15) is 16.7 Å². The summed E-state index contributed by atoms with van der Waals surface area (Å²) < 4.78 is 4.58. The second kappa shape index (κ2) is 7.03. The Balaban J connectivity index is 2.21. The first kappa shape index (κ1) is 17.1. The summed E-state index contributed by atoms with van der Waals surface area (Å²) in [5, 5.41) is 0. The summed E-state index contributed by atoms with van der Waals surface area (Å²) in [6.07, 6.45) is 0. The maximum atomic E-state index is 2.82. The fourth-order valence-corrected chi connectivity index (χ4v) is 16.3. The number of hydrogen-bond acceptors (Lipinski definition) is 0. The van der Waals surface area contributed by atoms with E-state index in [1.54, 1.807) is 0 Å². The van der Waals surface area contributed by atoms with Gasteiger partial charge in [0.25, 0.3) is 0 Å². The van der Waals surface area contributed by atoms with Crippen molar-refractivity contribution in [1.82, 2.24) is 0 Å². The van der Waals surface area contributed by atoms with Crippen LogP contribution in [0, 0.1) is 20.8 Å². The molecule has 0 saturated heterocycles. The first-order chi connectivity index (χ1) is 11.0. The third-order valence-electron chi connectivity index (χ3n) is 4.35. The molecule has 116 valence electrons. The third-order valence-corrected chi connectivity index (χ3v) is 23.7. The van der Waals surface area contributed by atoms with Crippen LogP contribution in [0.4, 0.5) is 0 Å². The standard InChI is InChI=1S/3C7H7.HI.Zr/c3*1-7-5-3-2-4-6-7;;/h3*3-6H,1H3;1H;/q;;;;+1/p-1. The molecule has 3 aromatic carbocycles. The Morgan fingerprint density at radius 3 is 0.913 bits per heavy atom. The molecule has 0 aromatic heterocycles. The van der Waals surface area contributed by atoms with E-state index in [0.29, 0.717) is 0 Å². The van der Waals surface area contributed by atoms with E-state index in [4.69, 9.17) is 0 Å². The Bertz CT molecular complexity index is 676. The van der Waals surface area contributed by atoms with E-state index in [1.807, 2.05) is 0 Å². The van der Waals surface area contributed by atoms with Crippen LogP contribution in [0.5, 0.6) is 0 Å². The molecule has 0 heterocycles. The topological polar surface area (TPSA) is 0 Å². The van der Waals surface area contributed by atoms with Crippen LogP contribution in [-0.4, -0.2) is 0 Å². The van der Waals surface area contributed by atoms with Crippen LogP contribution in [-0.2, 0) is 16.1 Å². The zero-order valence-corrected chi connectivity index (χ0v) is 18.4. The second-order valence-corrected chi connectivity index (χ2v) is 23.3. The summed E-state index contributed by atoms with van der Waals surface area (Å²) in [6, 6.07) is 27.6. The molecule has 0 fully saturated rings. The van der Waals surface area contributed by atoms with Crippen molar-refractivity contribution < 1.29 is 16.1 Å². The molecule has 0 aliphatic heterocycles. The van der Waals surface area contributed by atoms with E-state index >= 15 is 0 Å². The van der Waals surface area contributed by atoms with Crippen LogP contribution in [0.3, 0.4) is 0 Å². The molecule has 0 spiro atoms. The normalized spacial score (nSPS) is 11.5. The number of halogens is 1. The van der Waals surface area contributed by atoms with Crippen molar-refractivity contribution in [3.63, 3.8) is 0 Å². The van der Waals surface area contributed by atoms with Gasteiger partial charge in [-0.05, 0) is 0 Å². The van der Waals surface area contributed by atoms with Crippen LogP contribution in [0.25, 0.3) is 0 Å². The number of benzene rings is 3. The number of hydrogen-bond donors (Lipinski definition) is 0. The molecule has 3 aromatic rings. The summed E-state index contributed by atoms with van der Waals surface area (Å²) in [5.41, 5.74) is 3.98. The third kappa shape index (κ3) is 3.54. The first-order valence-electron chi connectivity index (χ1n) is 7.90. The predicted molar refractivity (Wildman–Crippen MR) is 106 cm³/mol. The Morgan fingerprint density at radius 2 is 0.696 bits per heavy atom. The quantitative estimate of drug-likeness (QED) is 0.477. The van der Waals surface area contributed by atoms with Crippen molar-refractivity contribution in [3.8, 4) is 0 Å². The fourth-order valence-electron chi connectivity index (χ4n) is 2.85. The molecular formula is C21H21IZr. The van der Waals surface area contributed by atoms with E-state index < -0.39 is 16.1 Å². The molecule has 0 bridgehead atoms. The molecule has 0 N–H and O–H groups in total. The van der Waals surface area contributed by atoms with Crippen molar-refractivity contribution in [2.24, 2.45) is 0 Å². The SMILES string of the molecule is Cc1cc[c]([Zr]([I])([c]2ccc(C)cc2)[c]2ccc(C)cc2)cc1. The van der Waals surface area contributed by atoms with Gasteiger partial charge in [0.1, 0.15) is 0 Å². The van der Waals surface area contributed by atoms with E-state index in [9.17, 15) is 0 Å². The van der Waals surface area contributed by atoms with Crippen molar-refractivity contribution in [3.05, 3.63) is 89.5 Å². The minimum atomic E-state index is -2.90. The molecule has 23 heavy (non-hydrogen) atoms. The predicted octanol–water partition coefficient (Wildman–Crippen LogP) is 4.39. The van der Waals surface area contributed by atoms with Crippen LogP contribution >= 0.6 is 18.0 Å². The van der Waals surface area contributed by atoms with E-state index in [-0.39, 0.29) is 0 Å². The minimum absolute atomic E-state index is 1.33. The monoisotopic (exact) mass is 490 g/mol. The van der Waals surface area contributed by atoms with Gasteiger partial charge in [-0.1, -0.05) is 0 Å². The summed E-state index contributed by atoms with van der Waals surface area (Å²) >= 11 is -0.0820. The molecule has 0 amide bonds. The van der Waals surface area contributed by atoms with Gasteiger partial charge in [0.05, 0.1) is 0 Å². The van der Waals surface area contributed by atoms with Crippen molar-refractivity contribution in [1.29, 1.82) is 0 Å². The first-order valence-corrected chi connectivity index (χ1v) is 18.9. The molecule has 0 atom stereocenters. The zero-order chi connectivity index (χ0) is 16.4. The Morgan fingerprint density at radius 1 is 0.478 bits per heavy atom. The maximum absolute atomic E-state index is 2.90. The summed E-state index contributed by atoms with van der Waals surface area (Å²) in [5.74, 6) is 0. The molecular weight excluding hydrogens is 470 g/mol. The van der Waals surface area contributed by atoms with Gasteiger partial charge in [-0.25, -0.2) is 0 Å². The van der Waals surface area contributed by atoms with Gasteiger partial charge >= 0.3 is 154 Å². The Labute approximate surface area is 153 Å². The molecule has 0 aliphatic carbocycles. The van der Waals surface area contributed by atoms with Crippen molar-refractivity contribution in [2.75, 3.05) is 0 Å². The Kier molecular flexibility index (Phi) is 5.23. The second-order valence-electron chi connectivity index (χ2n) is 6.26. The summed E-state index contributed by atoms with van der Waals surface area (Å²) in [7, 11) is 0. The molecule has 0 aliphatic rings. The molecule has 2 heteroatoms. The molecule has 3 rings (SSSR count). The number of aryl methyl sites for hydroxylation is 3. The van der Waals surface area contributed by atoms with E-state index in [1.165, 1.54) is 26.5 Å². The van der Waals surface area contributed by atoms with Gasteiger partial charge in [-0.3, -0.25) is 0 Å². The average molecular weight is 492 g/mol. The molecule has 0 unspecified atom stereocenters. The van der Waals surface area contributed by atoms with Gasteiger partial charge < -0.3 is 0 Å². The van der Waals surface area contributed by atoms with Crippen LogP contribution < -0.4 is 9.81 Å². The molecule has 0 saturated carbocycles. The Hall–Kier alpha value is -0.727. The van der Waals surface area contributed by atoms with Crippen LogP contribution in [0.2, 0.25) is 0 Å². The van der Waals surface area contributed by atoms with Crippen molar-refractivity contribution in [2.45, 2.75) is 20.8 Å². The average Bonchev–Trinajstić information content (AvgIpc) is 2.56. The molecule has 0 nitrogen and oxygen atoms in total. The van der Waals surface area contributed by atoms with E-state index in [0.717, 1.165) is 0 Å². The van der Waals surface area contributed by atoms with Gasteiger partial charge in [0, 0.05) is 0 Å². The van der Waals surface area contributed by atoms with Crippen LogP contribution in [0.15, 0.2) is 72.8 Å². The molecule has 0 radical (unpaired) electrons. The summed E-state index contributed by atoms with van der Waals surface area (Å²) in [6.45, 7) is 6.48. The van der Waals surface area contributed by atoms with Gasteiger partial charge in [-0.2, -0.15) is 0 Å². The zero-order valence-electron chi connectivity index (χ0n) is 13.8. The van der Waals surface area contributed by atoms with E-state index in [2.05, 4.69) is 112 Å². The van der Waals surface area contributed by atoms with Gasteiger partial charge in [0.15, 0.2) is 0 Å². The van der Waals surface area contributed by atoms with Gasteiger partial charge in [-0.15, -0.1) is 0 Å². The number of rotatable bonds is 3. The van der Waals surface area contributed by atoms with Gasteiger partial charge in [0.2, 0.25) is 0 Å². The van der Waals surface area contributed by atoms with Crippen molar-refractivity contribution >= 4 is 27.9 Å². The fraction of sp³-hybridized carbons (Fsp3) is 0.143. The summed E-state index contributed by atoms with van der Waals surface area (Å²) in [4.78, 5) is 0.